The van der Waals surface area contributed by atoms with E-state index in [1.165, 1.54) is 7.11 Å². The summed E-state index contributed by atoms with van der Waals surface area (Å²) in [5.41, 5.74) is 1.73. The average Bonchev–Trinajstić information content (AvgIpc) is 2.52. The number of carbonyl (C=O) groups is 2. The van der Waals surface area contributed by atoms with E-state index in [1.54, 1.807) is 42.5 Å². The van der Waals surface area contributed by atoms with E-state index in [0.29, 0.717) is 15.6 Å². The summed E-state index contributed by atoms with van der Waals surface area (Å²) in [5.74, 6) is -0.800. The van der Waals surface area contributed by atoms with Crippen LogP contribution in [0.15, 0.2) is 53.0 Å². The summed E-state index contributed by atoms with van der Waals surface area (Å²) >= 11 is 3.30. The van der Waals surface area contributed by atoms with Crippen LogP contribution in [-0.2, 0) is 16.1 Å². The van der Waals surface area contributed by atoms with Crippen molar-refractivity contribution in [1.29, 1.82) is 0 Å². The van der Waals surface area contributed by atoms with Crippen LogP contribution in [0, 0.1) is 0 Å². The van der Waals surface area contributed by atoms with Crippen molar-refractivity contribution in [3.63, 3.8) is 0 Å². The van der Waals surface area contributed by atoms with Gasteiger partial charge in [-0.1, -0.05) is 24.3 Å². The maximum absolute atomic E-state index is 11.9. The number of rotatable bonds is 4. The van der Waals surface area contributed by atoms with Crippen LogP contribution in [0.1, 0.15) is 26.3 Å². The molecule has 5 heteroatoms. The Morgan fingerprint density at radius 3 is 2.29 bits per heavy atom. The molecule has 4 nitrogen and oxygen atoms in total. The van der Waals surface area contributed by atoms with Gasteiger partial charge < -0.3 is 9.47 Å². The lowest BCUT2D eigenvalue weighted by molar-refractivity contribution is 0.0470. The highest BCUT2D eigenvalue weighted by Crippen LogP contribution is 2.17. The molecule has 0 fully saturated rings. The lowest BCUT2D eigenvalue weighted by Gasteiger charge is -2.07. The van der Waals surface area contributed by atoms with E-state index < -0.39 is 11.9 Å². The third-order valence-electron chi connectivity index (χ3n) is 2.84. The van der Waals surface area contributed by atoms with Gasteiger partial charge in [0.2, 0.25) is 0 Å². The molecule has 0 aliphatic carbocycles. The van der Waals surface area contributed by atoms with Gasteiger partial charge >= 0.3 is 11.9 Å². The second-order valence-electron chi connectivity index (χ2n) is 4.24. The fraction of sp³-hybridized carbons (Fsp3) is 0.125. The summed E-state index contributed by atoms with van der Waals surface area (Å²) in [6, 6.07) is 13.8. The molecule has 0 bridgehead atoms. The first-order chi connectivity index (χ1) is 10.1. The molecule has 0 unspecified atom stereocenters. The van der Waals surface area contributed by atoms with Crippen LogP contribution < -0.4 is 0 Å². The molecule has 0 spiro atoms. The van der Waals surface area contributed by atoms with Gasteiger partial charge in [-0.25, -0.2) is 9.59 Å². The first kappa shape index (κ1) is 15.3. The molecule has 2 aromatic carbocycles. The van der Waals surface area contributed by atoms with Gasteiger partial charge in [0, 0.05) is 4.47 Å². The molecular weight excluding hydrogens is 336 g/mol. The molecule has 2 rings (SSSR count). The zero-order valence-electron chi connectivity index (χ0n) is 11.3. The molecule has 0 atom stereocenters. The highest BCUT2D eigenvalue weighted by molar-refractivity contribution is 9.10. The van der Waals surface area contributed by atoms with Crippen molar-refractivity contribution in [2.24, 2.45) is 0 Å². The molecule has 0 radical (unpaired) electrons. The molecule has 0 aliphatic heterocycles. The fourth-order valence-electron chi connectivity index (χ4n) is 1.71. The van der Waals surface area contributed by atoms with Gasteiger partial charge in [-0.05, 0) is 45.8 Å². The topological polar surface area (TPSA) is 52.6 Å². The van der Waals surface area contributed by atoms with Crippen LogP contribution in [0.2, 0.25) is 0 Å². The predicted octanol–water partition coefficient (Wildman–Crippen LogP) is 3.59. The Balaban J connectivity index is 1.99. The first-order valence-electron chi connectivity index (χ1n) is 6.20. The van der Waals surface area contributed by atoms with E-state index in [1.807, 2.05) is 6.07 Å². The highest BCUT2D eigenvalue weighted by Gasteiger charge is 2.11. The SMILES string of the molecule is COC(=O)c1ccc(COC(=O)c2ccccc2Br)cc1. The second-order valence-corrected chi connectivity index (χ2v) is 5.10. The van der Waals surface area contributed by atoms with Crippen molar-refractivity contribution in [3.8, 4) is 0 Å². The third kappa shape index (κ3) is 3.92. The summed E-state index contributed by atoms with van der Waals surface area (Å²) < 4.78 is 10.5. The van der Waals surface area contributed by atoms with Crippen LogP contribution >= 0.6 is 15.9 Å². The molecule has 0 heterocycles. The standard InChI is InChI=1S/C16H13BrO4/c1-20-15(18)12-8-6-11(7-9-12)10-21-16(19)13-4-2-3-5-14(13)17/h2-9H,10H2,1H3. The zero-order valence-corrected chi connectivity index (χ0v) is 12.9. The van der Waals surface area contributed by atoms with Gasteiger partial charge in [-0.15, -0.1) is 0 Å². The van der Waals surface area contributed by atoms with E-state index in [9.17, 15) is 9.59 Å². The molecule has 0 aliphatic rings. The summed E-state index contributed by atoms with van der Waals surface area (Å²) in [7, 11) is 1.33. The summed E-state index contributed by atoms with van der Waals surface area (Å²) in [4.78, 5) is 23.2. The van der Waals surface area contributed by atoms with Crippen LogP contribution in [0.25, 0.3) is 0 Å². The van der Waals surface area contributed by atoms with Crippen LogP contribution in [0.3, 0.4) is 0 Å². The lowest BCUT2D eigenvalue weighted by atomic mass is 10.1. The second kappa shape index (κ2) is 7.04. The number of esters is 2. The predicted molar refractivity (Wildman–Crippen MR) is 81.0 cm³/mol. The van der Waals surface area contributed by atoms with Gasteiger partial charge in [0.15, 0.2) is 0 Å². The largest absolute Gasteiger partial charge is 0.465 e. The molecule has 108 valence electrons. The number of hydrogen-bond acceptors (Lipinski definition) is 4. The monoisotopic (exact) mass is 348 g/mol. The Bertz CT molecular complexity index is 650. The minimum Gasteiger partial charge on any atom is -0.465 e. The maximum Gasteiger partial charge on any atom is 0.339 e. The summed E-state index contributed by atoms with van der Waals surface area (Å²) in [5, 5.41) is 0. The Morgan fingerprint density at radius 1 is 1.00 bits per heavy atom. The average molecular weight is 349 g/mol. The molecule has 0 saturated carbocycles. The quantitative estimate of drug-likeness (QED) is 0.792. The smallest absolute Gasteiger partial charge is 0.339 e. The van der Waals surface area contributed by atoms with Crippen molar-refractivity contribution in [2.75, 3.05) is 7.11 Å². The first-order valence-corrected chi connectivity index (χ1v) is 7.00. The van der Waals surface area contributed by atoms with Crippen molar-refractivity contribution >= 4 is 27.9 Å². The highest BCUT2D eigenvalue weighted by atomic mass is 79.9. The zero-order chi connectivity index (χ0) is 15.2. The summed E-state index contributed by atoms with van der Waals surface area (Å²) in [6.07, 6.45) is 0. The molecule has 0 aromatic heterocycles. The Morgan fingerprint density at radius 2 is 1.67 bits per heavy atom. The molecule has 21 heavy (non-hydrogen) atoms. The van der Waals surface area contributed by atoms with Crippen molar-refractivity contribution in [1.82, 2.24) is 0 Å². The number of methoxy groups -OCH3 is 1. The van der Waals surface area contributed by atoms with E-state index in [2.05, 4.69) is 20.7 Å². The Labute approximate surface area is 130 Å². The fourth-order valence-corrected chi connectivity index (χ4v) is 2.15. The Hall–Kier alpha value is -2.14. The number of benzene rings is 2. The molecule has 0 amide bonds. The van der Waals surface area contributed by atoms with E-state index in [4.69, 9.17) is 4.74 Å². The van der Waals surface area contributed by atoms with E-state index in [0.717, 1.165) is 5.56 Å². The number of carbonyl (C=O) groups excluding carboxylic acids is 2. The Kier molecular flexibility index (Phi) is 5.11. The van der Waals surface area contributed by atoms with E-state index >= 15 is 0 Å². The van der Waals surface area contributed by atoms with Crippen molar-refractivity contribution in [2.45, 2.75) is 6.61 Å². The van der Waals surface area contributed by atoms with Crippen molar-refractivity contribution < 1.29 is 19.1 Å². The van der Waals surface area contributed by atoms with E-state index in [-0.39, 0.29) is 6.61 Å². The number of ether oxygens (including phenoxy) is 2. The number of hydrogen-bond donors (Lipinski definition) is 0. The van der Waals surface area contributed by atoms with Crippen LogP contribution in [-0.4, -0.2) is 19.0 Å². The summed E-state index contributed by atoms with van der Waals surface area (Å²) in [6.45, 7) is 0.140. The molecule has 2 aromatic rings. The van der Waals surface area contributed by atoms with Gasteiger partial charge in [0.1, 0.15) is 6.61 Å². The lowest BCUT2D eigenvalue weighted by Crippen LogP contribution is -2.06. The minimum atomic E-state index is -0.403. The third-order valence-corrected chi connectivity index (χ3v) is 3.53. The number of halogens is 1. The molecular formula is C16H13BrO4. The maximum atomic E-state index is 11.9. The van der Waals surface area contributed by atoms with Gasteiger partial charge in [-0.2, -0.15) is 0 Å². The van der Waals surface area contributed by atoms with Crippen molar-refractivity contribution in [3.05, 3.63) is 69.7 Å². The van der Waals surface area contributed by atoms with Crippen LogP contribution in [0.5, 0.6) is 0 Å². The van der Waals surface area contributed by atoms with Gasteiger partial charge in [0.25, 0.3) is 0 Å². The minimum absolute atomic E-state index is 0.140. The van der Waals surface area contributed by atoms with Crippen LogP contribution in [0.4, 0.5) is 0 Å². The van der Waals surface area contributed by atoms with Gasteiger partial charge in [0.05, 0.1) is 18.2 Å². The molecule has 0 saturated heterocycles. The molecule has 0 N–H and O–H groups in total. The normalized spacial score (nSPS) is 10.0. The van der Waals surface area contributed by atoms with Gasteiger partial charge in [-0.3, -0.25) is 0 Å².